The van der Waals surface area contributed by atoms with Gasteiger partial charge in [0, 0.05) is 34.3 Å². The molecule has 3 aliphatic carbocycles. The number of hydrogen-bond donors (Lipinski definition) is 1. The highest BCUT2D eigenvalue weighted by Crippen LogP contribution is 2.56. The fraction of sp³-hybridized carbons (Fsp3) is 0.263. The molecule has 2 amide bonds. The lowest BCUT2D eigenvalue weighted by Crippen LogP contribution is -2.39. The number of carbonyl (C=O) groups is 4. The van der Waals surface area contributed by atoms with E-state index in [9.17, 15) is 24.3 Å². The van der Waals surface area contributed by atoms with Gasteiger partial charge in [-0.15, -0.1) is 0 Å². The van der Waals surface area contributed by atoms with Crippen molar-refractivity contribution >= 4 is 29.1 Å². The first-order valence-electron chi connectivity index (χ1n) is 15.4. The number of carbonyl (C=O) groups excluding carboxylic acids is 4. The number of allylic oxidation sites excluding steroid dienone is 6. The summed E-state index contributed by atoms with van der Waals surface area (Å²) in [5.74, 6) is -3.09. The van der Waals surface area contributed by atoms with E-state index in [4.69, 9.17) is 4.74 Å². The Morgan fingerprint density at radius 2 is 1.64 bits per heavy atom. The van der Waals surface area contributed by atoms with Crippen molar-refractivity contribution in [3.05, 3.63) is 124 Å². The number of anilines is 1. The molecule has 1 aliphatic heterocycles. The Balaban J connectivity index is 1.27. The number of aryl methyl sites for hydroxylation is 1. The molecule has 1 fully saturated rings. The molecule has 3 aromatic carbocycles. The minimum absolute atomic E-state index is 0.0703. The average molecular weight is 600 g/mol. The van der Waals surface area contributed by atoms with E-state index in [1.165, 1.54) is 17.0 Å². The van der Waals surface area contributed by atoms with E-state index < -0.39 is 23.7 Å². The molecule has 0 saturated carbocycles. The summed E-state index contributed by atoms with van der Waals surface area (Å²) in [5, 5.41) is 11.4. The lowest BCUT2D eigenvalue weighted by molar-refractivity contribution is -0.123. The Morgan fingerprint density at radius 3 is 2.36 bits per heavy atom. The number of ether oxygens (including phenoxy) is 1. The van der Waals surface area contributed by atoms with Crippen molar-refractivity contribution in [1.29, 1.82) is 0 Å². The van der Waals surface area contributed by atoms with Gasteiger partial charge in [0.2, 0.25) is 11.8 Å². The summed E-state index contributed by atoms with van der Waals surface area (Å²) >= 11 is 0. The smallest absolute Gasteiger partial charge is 0.238 e. The van der Waals surface area contributed by atoms with Gasteiger partial charge in [0.25, 0.3) is 0 Å². The minimum atomic E-state index is -0.732. The number of rotatable bonds is 6. The van der Waals surface area contributed by atoms with Crippen LogP contribution in [-0.4, -0.2) is 28.5 Å². The Hall–Kier alpha value is -5.04. The van der Waals surface area contributed by atoms with Gasteiger partial charge < -0.3 is 9.84 Å². The maximum atomic E-state index is 14.1. The summed E-state index contributed by atoms with van der Waals surface area (Å²) in [6.07, 6.45) is 4.68. The zero-order chi connectivity index (χ0) is 31.4. The second-order valence-electron chi connectivity index (χ2n) is 12.3. The predicted molar refractivity (Wildman–Crippen MR) is 169 cm³/mol. The molecule has 1 N–H and O–H groups in total. The molecular formula is C38H33NO6. The molecule has 1 saturated heterocycles. The van der Waals surface area contributed by atoms with Gasteiger partial charge in [0.1, 0.15) is 18.1 Å². The molecule has 7 rings (SSSR count). The van der Waals surface area contributed by atoms with E-state index in [0.29, 0.717) is 46.7 Å². The molecule has 0 bridgehead atoms. The highest BCUT2D eigenvalue weighted by Gasteiger charge is 2.56. The first kappa shape index (κ1) is 28.7. The van der Waals surface area contributed by atoms with Gasteiger partial charge in [-0.1, -0.05) is 67.1 Å². The molecule has 45 heavy (non-hydrogen) atoms. The first-order valence-corrected chi connectivity index (χ1v) is 15.4. The van der Waals surface area contributed by atoms with E-state index >= 15 is 0 Å². The van der Waals surface area contributed by atoms with E-state index in [0.717, 1.165) is 23.1 Å². The standard InChI is InChI=1S/C38H33NO6/c1-3-22-9-11-24(12-10-22)39-37(43)28-16-15-26-29(34(28)38(39)44)19-30-35(32(41)17-21(2)36(30)42)33(26)27-14-13-25(18-31(27)40)45-20-23-7-5-4-6-8-23/h4-15,17-18,28-29,33-34,40H,3,16,19-20H2,1-2H3. The largest absolute Gasteiger partial charge is 0.507 e. The summed E-state index contributed by atoms with van der Waals surface area (Å²) in [4.78, 5) is 56.2. The molecule has 4 unspecified atom stereocenters. The molecule has 0 aromatic heterocycles. The van der Waals surface area contributed by atoms with Gasteiger partial charge in [-0.2, -0.15) is 0 Å². The molecule has 4 atom stereocenters. The lowest BCUT2D eigenvalue weighted by atomic mass is 9.59. The molecule has 0 radical (unpaired) electrons. The van der Waals surface area contributed by atoms with Crippen LogP contribution in [0, 0.1) is 17.8 Å². The Labute approximate surface area is 261 Å². The summed E-state index contributed by atoms with van der Waals surface area (Å²) < 4.78 is 5.93. The number of phenolic OH excluding ortho intramolecular Hbond substituents is 1. The number of hydrogen-bond acceptors (Lipinski definition) is 6. The number of benzene rings is 3. The van der Waals surface area contributed by atoms with Crippen LogP contribution in [0.4, 0.5) is 5.69 Å². The van der Waals surface area contributed by atoms with Crippen molar-refractivity contribution in [2.75, 3.05) is 4.90 Å². The van der Waals surface area contributed by atoms with Crippen molar-refractivity contribution in [1.82, 2.24) is 0 Å². The van der Waals surface area contributed by atoms with Crippen molar-refractivity contribution in [2.24, 2.45) is 17.8 Å². The molecule has 3 aromatic rings. The second kappa shape index (κ2) is 11.1. The number of aromatic hydroxyl groups is 1. The van der Waals surface area contributed by atoms with Crippen LogP contribution < -0.4 is 9.64 Å². The number of fused-ring (bicyclic) bond motifs is 3. The predicted octanol–water partition coefficient (Wildman–Crippen LogP) is 6.17. The maximum absolute atomic E-state index is 14.1. The van der Waals surface area contributed by atoms with Crippen LogP contribution in [0.1, 0.15) is 49.3 Å². The van der Waals surface area contributed by atoms with Crippen LogP contribution in [0.5, 0.6) is 11.5 Å². The van der Waals surface area contributed by atoms with Crippen LogP contribution in [0.15, 0.2) is 107 Å². The van der Waals surface area contributed by atoms with Crippen molar-refractivity contribution in [2.45, 2.75) is 45.6 Å². The zero-order valence-electron chi connectivity index (χ0n) is 25.2. The van der Waals surface area contributed by atoms with Gasteiger partial charge in [-0.25, -0.2) is 0 Å². The highest BCUT2D eigenvalue weighted by atomic mass is 16.5. The van der Waals surface area contributed by atoms with Crippen LogP contribution in [0.2, 0.25) is 0 Å². The van der Waals surface area contributed by atoms with Crippen molar-refractivity contribution < 1.29 is 29.0 Å². The van der Waals surface area contributed by atoms with Gasteiger partial charge in [0.05, 0.1) is 17.5 Å². The topological polar surface area (TPSA) is 101 Å². The number of amides is 2. The molecule has 7 heteroatoms. The quantitative estimate of drug-likeness (QED) is 0.207. The monoisotopic (exact) mass is 599 g/mol. The van der Waals surface area contributed by atoms with E-state index in [1.807, 2.05) is 67.6 Å². The molecule has 1 heterocycles. The SMILES string of the molecule is CCc1ccc(N2C(=O)C3CC=C4C(c5ccc(OCc6ccccc6)cc5O)C5=C(CC4C3C2=O)C(=O)C(C)=CC5=O)cc1. The van der Waals surface area contributed by atoms with Crippen LogP contribution >= 0.6 is 0 Å². The Morgan fingerprint density at radius 1 is 0.889 bits per heavy atom. The highest BCUT2D eigenvalue weighted by molar-refractivity contribution is 6.25. The third-order valence-corrected chi connectivity index (χ3v) is 9.73. The molecule has 7 nitrogen and oxygen atoms in total. The molecule has 0 spiro atoms. The fourth-order valence-corrected chi connectivity index (χ4v) is 7.47. The maximum Gasteiger partial charge on any atom is 0.238 e. The first-order chi connectivity index (χ1) is 21.8. The molecule has 226 valence electrons. The third kappa shape index (κ3) is 4.74. The van der Waals surface area contributed by atoms with Gasteiger partial charge in [-0.05, 0) is 67.5 Å². The number of imide groups is 1. The summed E-state index contributed by atoms with van der Waals surface area (Å²) in [6, 6.07) is 22.1. The number of Topliss-reactive ketones (excluding diaryl/α,β-unsaturated/α-hetero) is 1. The van der Waals surface area contributed by atoms with Crippen molar-refractivity contribution in [3.63, 3.8) is 0 Å². The van der Waals surface area contributed by atoms with Gasteiger partial charge in [-0.3, -0.25) is 24.1 Å². The van der Waals surface area contributed by atoms with E-state index in [1.54, 1.807) is 19.1 Å². The van der Waals surface area contributed by atoms with E-state index in [2.05, 4.69) is 0 Å². The van der Waals surface area contributed by atoms with Crippen LogP contribution in [0.3, 0.4) is 0 Å². The normalized spacial score (nSPS) is 24.2. The van der Waals surface area contributed by atoms with Crippen molar-refractivity contribution in [3.8, 4) is 11.5 Å². The molecule has 4 aliphatic rings. The van der Waals surface area contributed by atoms with Crippen LogP contribution in [-0.2, 0) is 32.2 Å². The minimum Gasteiger partial charge on any atom is -0.507 e. The summed E-state index contributed by atoms with van der Waals surface area (Å²) in [7, 11) is 0. The second-order valence-corrected chi connectivity index (χ2v) is 12.3. The van der Waals surface area contributed by atoms with Gasteiger partial charge >= 0.3 is 0 Å². The number of ketones is 2. The summed E-state index contributed by atoms with van der Waals surface area (Å²) in [6.45, 7) is 3.98. The average Bonchev–Trinajstić information content (AvgIpc) is 3.31. The summed E-state index contributed by atoms with van der Waals surface area (Å²) in [5.41, 5.74) is 4.92. The Bertz CT molecular complexity index is 1850. The zero-order valence-corrected chi connectivity index (χ0v) is 25.2. The third-order valence-electron chi connectivity index (χ3n) is 9.73. The van der Waals surface area contributed by atoms with Crippen LogP contribution in [0.25, 0.3) is 0 Å². The fourth-order valence-electron chi connectivity index (χ4n) is 7.47. The van der Waals surface area contributed by atoms with Gasteiger partial charge in [0.15, 0.2) is 11.6 Å². The molecular weight excluding hydrogens is 566 g/mol. The Kier molecular flexibility index (Phi) is 7.11. The van der Waals surface area contributed by atoms with E-state index in [-0.39, 0.29) is 35.6 Å². The lowest BCUT2D eigenvalue weighted by Gasteiger charge is -2.42. The number of nitrogens with zero attached hydrogens (tertiary/aromatic N) is 1. The number of phenols is 1.